The summed E-state index contributed by atoms with van der Waals surface area (Å²) in [4.78, 5) is 22.7. The van der Waals surface area contributed by atoms with Gasteiger partial charge in [-0.05, 0) is 19.3 Å². The summed E-state index contributed by atoms with van der Waals surface area (Å²) >= 11 is 0. The minimum atomic E-state index is -0.760. The van der Waals surface area contributed by atoms with E-state index < -0.39 is 18.7 Å². The minimum absolute atomic E-state index is 0.117. The summed E-state index contributed by atoms with van der Waals surface area (Å²) in [6, 6.07) is 0. The molecule has 0 spiro atoms. The summed E-state index contributed by atoms with van der Waals surface area (Å²) in [6.45, 7) is 1.36. The van der Waals surface area contributed by atoms with E-state index in [9.17, 15) is 9.59 Å². The maximum absolute atomic E-state index is 11.4. The first-order chi connectivity index (χ1) is 9.74. The molecule has 2 fully saturated rings. The average molecular weight is 288 g/mol. The zero-order valence-electron chi connectivity index (χ0n) is 11.4. The molecule has 2 heterocycles. The average Bonchev–Trinajstić information content (AvgIpc) is 3.08. The van der Waals surface area contributed by atoms with Crippen LogP contribution in [0.3, 0.4) is 0 Å². The normalized spacial score (nSPS) is 25.4. The molecule has 2 aliphatic rings. The fourth-order valence-electron chi connectivity index (χ4n) is 2.00. The van der Waals surface area contributed by atoms with Gasteiger partial charge in [-0.15, -0.1) is 0 Å². The standard InChI is InChI=1S/C13H20O7/c14-10(19-11-5-2-7-16-11)4-1-9-18-13(15)20-12-6-3-8-17-12/h11-12H,1-9H2. The highest BCUT2D eigenvalue weighted by molar-refractivity contribution is 5.69. The lowest BCUT2D eigenvalue weighted by molar-refractivity contribution is -0.170. The van der Waals surface area contributed by atoms with Crippen molar-refractivity contribution >= 4 is 12.1 Å². The summed E-state index contributed by atoms with van der Waals surface area (Å²) in [5.41, 5.74) is 0. The molecule has 0 aromatic rings. The molecule has 0 bridgehead atoms. The first-order valence-corrected chi connectivity index (χ1v) is 7.00. The third-order valence-corrected chi connectivity index (χ3v) is 3.01. The number of rotatable bonds is 6. The zero-order chi connectivity index (χ0) is 14.2. The van der Waals surface area contributed by atoms with Crippen LogP contribution in [-0.2, 0) is 28.5 Å². The van der Waals surface area contributed by atoms with Crippen LogP contribution in [0, 0.1) is 0 Å². The Balaban J connectivity index is 1.47. The van der Waals surface area contributed by atoms with Gasteiger partial charge in [0.05, 0.1) is 19.8 Å². The van der Waals surface area contributed by atoms with Crippen molar-refractivity contribution in [1.29, 1.82) is 0 Å². The smallest absolute Gasteiger partial charge is 0.436 e. The summed E-state index contributed by atoms with van der Waals surface area (Å²) < 4.78 is 25.1. The molecule has 2 atom stereocenters. The van der Waals surface area contributed by atoms with E-state index in [1.807, 2.05) is 0 Å². The minimum Gasteiger partial charge on any atom is -0.436 e. The molecule has 0 N–H and O–H groups in total. The van der Waals surface area contributed by atoms with Crippen molar-refractivity contribution in [2.24, 2.45) is 0 Å². The number of carbonyl (C=O) groups is 2. The van der Waals surface area contributed by atoms with Crippen molar-refractivity contribution in [3.8, 4) is 0 Å². The van der Waals surface area contributed by atoms with Gasteiger partial charge in [0.2, 0.25) is 12.6 Å². The summed E-state index contributed by atoms with van der Waals surface area (Å²) in [6.07, 6.45) is 2.16. The largest absolute Gasteiger partial charge is 0.510 e. The van der Waals surface area contributed by atoms with Crippen LogP contribution in [0.4, 0.5) is 4.79 Å². The SMILES string of the molecule is O=C(CCCOC(=O)OC1CCCO1)OC1CCCO1. The van der Waals surface area contributed by atoms with E-state index in [0.717, 1.165) is 19.3 Å². The molecule has 0 saturated carbocycles. The van der Waals surface area contributed by atoms with Gasteiger partial charge in [0.25, 0.3) is 0 Å². The van der Waals surface area contributed by atoms with E-state index in [-0.39, 0.29) is 19.0 Å². The topological polar surface area (TPSA) is 80.3 Å². The van der Waals surface area contributed by atoms with E-state index in [0.29, 0.717) is 26.1 Å². The Hall–Kier alpha value is -1.34. The van der Waals surface area contributed by atoms with Crippen LogP contribution in [0.5, 0.6) is 0 Å². The highest BCUT2D eigenvalue weighted by Crippen LogP contribution is 2.15. The molecule has 0 amide bonds. The molecule has 2 rings (SSSR count). The number of hydrogen-bond acceptors (Lipinski definition) is 7. The first-order valence-electron chi connectivity index (χ1n) is 7.00. The maximum Gasteiger partial charge on any atom is 0.510 e. The maximum atomic E-state index is 11.4. The van der Waals surface area contributed by atoms with Crippen molar-refractivity contribution in [3.05, 3.63) is 0 Å². The second-order valence-corrected chi connectivity index (χ2v) is 4.69. The fraction of sp³-hybridized carbons (Fsp3) is 0.846. The van der Waals surface area contributed by atoms with Gasteiger partial charge in [0.1, 0.15) is 0 Å². The Morgan fingerprint density at radius 3 is 2.25 bits per heavy atom. The molecule has 2 aliphatic heterocycles. The van der Waals surface area contributed by atoms with Crippen molar-refractivity contribution in [2.45, 2.75) is 51.1 Å². The number of ether oxygens (including phenoxy) is 5. The second-order valence-electron chi connectivity index (χ2n) is 4.69. The summed E-state index contributed by atoms with van der Waals surface area (Å²) in [5, 5.41) is 0. The third-order valence-electron chi connectivity index (χ3n) is 3.01. The van der Waals surface area contributed by atoms with Crippen molar-refractivity contribution in [3.63, 3.8) is 0 Å². The van der Waals surface area contributed by atoms with Crippen molar-refractivity contribution < 1.29 is 33.3 Å². The van der Waals surface area contributed by atoms with E-state index >= 15 is 0 Å². The fourth-order valence-corrected chi connectivity index (χ4v) is 2.00. The number of carbonyl (C=O) groups excluding carboxylic acids is 2. The van der Waals surface area contributed by atoms with Gasteiger partial charge in [-0.1, -0.05) is 0 Å². The van der Waals surface area contributed by atoms with Crippen LogP contribution in [-0.4, -0.2) is 44.5 Å². The Bertz CT molecular complexity index is 287. The molecular weight excluding hydrogens is 268 g/mol. The highest BCUT2D eigenvalue weighted by Gasteiger charge is 2.21. The van der Waals surface area contributed by atoms with Gasteiger partial charge >= 0.3 is 12.1 Å². The van der Waals surface area contributed by atoms with Gasteiger partial charge in [-0.2, -0.15) is 0 Å². The zero-order valence-corrected chi connectivity index (χ0v) is 11.4. The second kappa shape index (κ2) is 8.06. The Morgan fingerprint density at radius 1 is 1.00 bits per heavy atom. The van der Waals surface area contributed by atoms with Crippen LogP contribution in [0.15, 0.2) is 0 Å². The van der Waals surface area contributed by atoms with Gasteiger partial charge in [-0.25, -0.2) is 4.79 Å². The third kappa shape index (κ3) is 5.34. The molecule has 20 heavy (non-hydrogen) atoms. The van der Waals surface area contributed by atoms with E-state index in [4.69, 9.17) is 23.7 Å². The monoisotopic (exact) mass is 288 g/mol. The predicted octanol–water partition coefficient (Wildman–Crippen LogP) is 1.74. The van der Waals surface area contributed by atoms with Crippen LogP contribution in [0.1, 0.15) is 38.5 Å². The Labute approximate surface area is 117 Å². The molecule has 0 aromatic heterocycles. The van der Waals surface area contributed by atoms with Crippen LogP contribution >= 0.6 is 0 Å². The molecule has 114 valence electrons. The van der Waals surface area contributed by atoms with Gasteiger partial charge < -0.3 is 23.7 Å². The lowest BCUT2D eigenvalue weighted by Crippen LogP contribution is -2.19. The molecule has 0 aromatic carbocycles. The molecule has 0 aliphatic carbocycles. The van der Waals surface area contributed by atoms with E-state index in [1.54, 1.807) is 0 Å². The van der Waals surface area contributed by atoms with Gasteiger partial charge in [0, 0.05) is 19.3 Å². The molecule has 7 heteroatoms. The van der Waals surface area contributed by atoms with Crippen molar-refractivity contribution in [1.82, 2.24) is 0 Å². The Morgan fingerprint density at radius 2 is 1.65 bits per heavy atom. The molecule has 2 unspecified atom stereocenters. The van der Waals surface area contributed by atoms with E-state index in [1.165, 1.54) is 0 Å². The van der Waals surface area contributed by atoms with E-state index in [2.05, 4.69) is 0 Å². The summed E-state index contributed by atoms with van der Waals surface area (Å²) in [7, 11) is 0. The Kier molecular flexibility index (Phi) is 6.07. The predicted molar refractivity (Wildman–Crippen MR) is 65.7 cm³/mol. The van der Waals surface area contributed by atoms with Gasteiger partial charge in [-0.3, -0.25) is 4.79 Å². The lowest BCUT2D eigenvalue weighted by atomic mass is 10.3. The van der Waals surface area contributed by atoms with Crippen LogP contribution in [0.25, 0.3) is 0 Å². The number of esters is 1. The molecule has 2 saturated heterocycles. The number of hydrogen-bond donors (Lipinski definition) is 0. The van der Waals surface area contributed by atoms with Crippen molar-refractivity contribution in [2.75, 3.05) is 19.8 Å². The summed E-state index contributed by atoms with van der Waals surface area (Å²) in [5.74, 6) is -0.340. The van der Waals surface area contributed by atoms with Crippen LogP contribution in [0.2, 0.25) is 0 Å². The highest BCUT2D eigenvalue weighted by atomic mass is 16.8. The quantitative estimate of drug-likeness (QED) is 0.544. The molecule has 7 nitrogen and oxygen atoms in total. The van der Waals surface area contributed by atoms with Gasteiger partial charge in [0.15, 0.2) is 0 Å². The molecule has 0 radical (unpaired) electrons. The molecular formula is C13H20O7. The van der Waals surface area contributed by atoms with Crippen LogP contribution < -0.4 is 0 Å². The first kappa shape index (κ1) is 15.1. The lowest BCUT2D eigenvalue weighted by Gasteiger charge is -2.12.